The minimum atomic E-state index is -1.23. The molecule has 0 aliphatic heterocycles. The molecule has 0 heterocycles. The van der Waals surface area contributed by atoms with Gasteiger partial charge in [0.1, 0.15) is 5.82 Å². The van der Waals surface area contributed by atoms with Crippen molar-refractivity contribution in [1.82, 2.24) is 0 Å². The van der Waals surface area contributed by atoms with Crippen molar-refractivity contribution in [1.29, 1.82) is 0 Å². The summed E-state index contributed by atoms with van der Waals surface area (Å²) in [6.45, 7) is 9.71. The third-order valence-corrected chi connectivity index (χ3v) is 1.35. The molecule has 1 aromatic rings. The molecule has 0 aliphatic rings. The molecule has 0 atom stereocenters. The fourth-order valence-electron chi connectivity index (χ4n) is 0.803. The van der Waals surface area contributed by atoms with Crippen molar-refractivity contribution in [3.8, 4) is 0 Å². The molecule has 0 aromatic heterocycles. The highest BCUT2D eigenvalue weighted by atomic mass is 19.1. The Balaban J connectivity index is 0. The first-order valence-electron chi connectivity index (χ1n) is 5.10. The molecule has 0 saturated carbocycles. The first-order valence-corrected chi connectivity index (χ1v) is 5.10. The molecule has 0 spiro atoms. The Hall–Kier alpha value is -1.38. The van der Waals surface area contributed by atoms with E-state index in [0.29, 0.717) is 0 Å². The summed E-state index contributed by atoms with van der Waals surface area (Å²) in [7, 11) is 0. The Morgan fingerprint density at radius 2 is 1.67 bits per heavy atom. The molecule has 15 heavy (non-hydrogen) atoms. The van der Waals surface area contributed by atoms with Gasteiger partial charge in [-0.15, -0.1) is 0 Å². The van der Waals surface area contributed by atoms with Gasteiger partial charge in [0, 0.05) is 0 Å². The zero-order valence-corrected chi connectivity index (χ0v) is 9.97. The van der Waals surface area contributed by atoms with Crippen LogP contribution in [0.3, 0.4) is 0 Å². The topological polar surface area (TPSA) is 37.3 Å². The van der Waals surface area contributed by atoms with Gasteiger partial charge in [-0.05, 0) is 19.1 Å². The quantitative estimate of drug-likeness (QED) is 0.770. The van der Waals surface area contributed by atoms with Crippen molar-refractivity contribution in [3.63, 3.8) is 0 Å². The lowest BCUT2D eigenvalue weighted by Gasteiger charge is -1.97. The van der Waals surface area contributed by atoms with E-state index in [-0.39, 0.29) is 5.56 Å². The Morgan fingerprint density at radius 3 is 2.00 bits per heavy atom. The number of halogens is 1. The molecule has 0 fully saturated rings. The van der Waals surface area contributed by atoms with Gasteiger partial charge in [0.2, 0.25) is 0 Å². The van der Waals surface area contributed by atoms with Crippen LogP contribution in [-0.4, -0.2) is 11.1 Å². The van der Waals surface area contributed by atoms with E-state index in [1.54, 1.807) is 6.92 Å². The van der Waals surface area contributed by atoms with Crippen LogP contribution in [0.4, 0.5) is 4.39 Å². The second kappa shape index (κ2) is 9.19. The average Bonchev–Trinajstić information content (AvgIpc) is 2.27. The van der Waals surface area contributed by atoms with E-state index in [1.165, 1.54) is 12.1 Å². The zero-order valence-electron chi connectivity index (χ0n) is 9.97. The van der Waals surface area contributed by atoms with E-state index < -0.39 is 11.8 Å². The molecule has 0 bridgehead atoms. The lowest BCUT2D eigenvalue weighted by atomic mass is 10.1. The summed E-state index contributed by atoms with van der Waals surface area (Å²) in [4.78, 5) is 10.3. The highest BCUT2D eigenvalue weighted by molar-refractivity contribution is 5.88. The number of aromatic carboxylic acids is 1. The van der Waals surface area contributed by atoms with Gasteiger partial charge in [-0.1, -0.05) is 39.3 Å². The van der Waals surface area contributed by atoms with Crippen LogP contribution in [0.1, 0.15) is 43.6 Å². The summed E-state index contributed by atoms with van der Waals surface area (Å²) in [5, 5.41) is 8.45. The molecule has 3 heteroatoms. The number of carboxylic acid groups (broad SMARTS) is 1. The lowest BCUT2D eigenvalue weighted by molar-refractivity contribution is 0.0692. The molecule has 0 radical (unpaired) electrons. The maximum absolute atomic E-state index is 12.6. The third kappa shape index (κ3) is 5.83. The van der Waals surface area contributed by atoms with Crippen LogP contribution in [0.2, 0.25) is 0 Å². The predicted octanol–water partition coefficient (Wildman–Crippen LogP) is 3.88. The van der Waals surface area contributed by atoms with Gasteiger partial charge in [-0.3, -0.25) is 0 Å². The maximum atomic E-state index is 12.6. The van der Waals surface area contributed by atoms with E-state index in [4.69, 9.17) is 5.11 Å². The molecule has 1 aromatic carbocycles. The number of hydrogen-bond donors (Lipinski definition) is 1. The van der Waals surface area contributed by atoms with Crippen LogP contribution >= 0.6 is 0 Å². The molecule has 86 valence electrons. The second-order valence-corrected chi connectivity index (χ2v) is 2.29. The van der Waals surface area contributed by atoms with Crippen LogP contribution in [0, 0.1) is 12.7 Å². The molecule has 0 amide bonds. The fraction of sp³-hybridized carbons (Fsp3) is 0.417. The van der Waals surface area contributed by atoms with Gasteiger partial charge in [-0.25, -0.2) is 9.18 Å². The van der Waals surface area contributed by atoms with Crippen molar-refractivity contribution < 1.29 is 14.3 Å². The Labute approximate surface area is 90.8 Å². The number of hydrogen-bond acceptors (Lipinski definition) is 1. The lowest BCUT2D eigenvalue weighted by Crippen LogP contribution is -2.00. The Morgan fingerprint density at radius 1 is 1.20 bits per heavy atom. The van der Waals surface area contributed by atoms with Crippen molar-refractivity contribution in [2.45, 2.75) is 34.6 Å². The minimum absolute atomic E-state index is 0.273. The van der Waals surface area contributed by atoms with Gasteiger partial charge in [-0.2, -0.15) is 0 Å². The molecule has 0 aliphatic carbocycles. The Kier molecular flexibility index (Phi) is 9.84. The average molecular weight is 214 g/mol. The van der Waals surface area contributed by atoms with Crippen molar-refractivity contribution in [2.75, 3.05) is 0 Å². The zero-order chi connectivity index (χ0) is 12.4. The number of carbonyl (C=O) groups is 1. The summed E-state index contributed by atoms with van der Waals surface area (Å²) < 4.78 is 12.6. The van der Waals surface area contributed by atoms with Gasteiger partial charge in [0.25, 0.3) is 0 Å². The first-order chi connectivity index (χ1) is 7.11. The van der Waals surface area contributed by atoms with Crippen LogP contribution in [0.5, 0.6) is 0 Å². The van der Waals surface area contributed by atoms with Crippen molar-refractivity contribution in [2.24, 2.45) is 0 Å². The monoisotopic (exact) mass is 214 g/mol. The molecule has 0 unspecified atom stereocenters. The number of rotatable bonds is 1. The third-order valence-electron chi connectivity index (χ3n) is 1.35. The number of carboxylic acids is 1. The smallest absolute Gasteiger partial charge is 0.338 e. The molecule has 2 nitrogen and oxygen atoms in total. The molecule has 1 N–H and O–H groups in total. The summed E-state index contributed by atoms with van der Waals surface area (Å²) in [6, 6.07) is 3.98. The molecular weight excluding hydrogens is 195 g/mol. The van der Waals surface area contributed by atoms with E-state index in [0.717, 1.165) is 11.6 Å². The maximum Gasteiger partial charge on any atom is 0.338 e. The van der Waals surface area contributed by atoms with Gasteiger partial charge in [0.05, 0.1) is 5.56 Å². The number of benzene rings is 1. The highest BCUT2D eigenvalue weighted by Crippen LogP contribution is 2.09. The number of aryl methyl sites for hydroxylation is 1. The summed E-state index contributed by atoms with van der Waals surface area (Å²) in [5.74, 6) is -1.92. The molecule has 1 rings (SSSR count). The van der Waals surface area contributed by atoms with E-state index in [2.05, 4.69) is 0 Å². The highest BCUT2D eigenvalue weighted by Gasteiger charge is 2.08. The van der Waals surface area contributed by atoms with Crippen LogP contribution in [0.15, 0.2) is 18.2 Å². The SMILES string of the molecule is CC.CC.Cc1ccc(F)c(C(=O)O)c1. The minimum Gasteiger partial charge on any atom is -0.478 e. The van der Waals surface area contributed by atoms with E-state index >= 15 is 0 Å². The Bertz CT molecular complexity index is 296. The van der Waals surface area contributed by atoms with Crippen LogP contribution in [0.25, 0.3) is 0 Å². The van der Waals surface area contributed by atoms with Gasteiger partial charge in [0.15, 0.2) is 0 Å². The van der Waals surface area contributed by atoms with E-state index in [9.17, 15) is 9.18 Å². The van der Waals surface area contributed by atoms with E-state index in [1.807, 2.05) is 27.7 Å². The summed E-state index contributed by atoms with van der Waals surface area (Å²) in [6.07, 6.45) is 0. The summed E-state index contributed by atoms with van der Waals surface area (Å²) in [5.41, 5.74) is 0.466. The summed E-state index contributed by atoms with van der Waals surface area (Å²) >= 11 is 0. The first kappa shape index (κ1) is 16.1. The second-order valence-electron chi connectivity index (χ2n) is 2.29. The van der Waals surface area contributed by atoms with Gasteiger partial charge >= 0.3 is 5.97 Å². The van der Waals surface area contributed by atoms with Gasteiger partial charge < -0.3 is 5.11 Å². The normalized spacial score (nSPS) is 7.87. The largest absolute Gasteiger partial charge is 0.478 e. The fourth-order valence-corrected chi connectivity index (χ4v) is 0.803. The van der Waals surface area contributed by atoms with Crippen LogP contribution < -0.4 is 0 Å². The van der Waals surface area contributed by atoms with Crippen LogP contribution in [-0.2, 0) is 0 Å². The molecular formula is C12H19FO2. The standard InChI is InChI=1S/C8H7FO2.2C2H6/c1-5-2-3-7(9)6(4-5)8(10)11;2*1-2/h2-4H,1H3,(H,10,11);2*1-2H3. The molecule has 0 saturated heterocycles. The predicted molar refractivity (Wildman–Crippen MR) is 60.8 cm³/mol. The van der Waals surface area contributed by atoms with Crippen molar-refractivity contribution in [3.05, 3.63) is 35.1 Å². The van der Waals surface area contributed by atoms with Crippen molar-refractivity contribution >= 4 is 5.97 Å².